The number of ether oxygens (including phenoxy) is 1. The van der Waals surface area contributed by atoms with Gasteiger partial charge in [-0.1, -0.05) is 30.3 Å². The summed E-state index contributed by atoms with van der Waals surface area (Å²) in [7, 11) is 1.56. The van der Waals surface area contributed by atoms with Gasteiger partial charge < -0.3 is 20.1 Å². The first-order chi connectivity index (χ1) is 11.1. The molecular formula is C17H22N2O4. The molecule has 0 bridgehead atoms. The summed E-state index contributed by atoms with van der Waals surface area (Å²) in [5.41, 5.74) is 1.93. The molecule has 1 heterocycles. The van der Waals surface area contributed by atoms with Crippen molar-refractivity contribution in [1.29, 1.82) is 0 Å². The van der Waals surface area contributed by atoms with Crippen LogP contribution in [0.3, 0.4) is 0 Å². The van der Waals surface area contributed by atoms with E-state index in [1.54, 1.807) is 18.9 Å². The van der Waals surface area contributed by atoms with Crippen molar-refractivity contribution < 1.29 is 19.4 Å². The van der Waals surface area contributed by atoms with Crippen LogP contribution in [0.2, 0.25) is 0 Å². The molecule has 2 N–H and O–H groups in total. The van der Waals surface area contributed by atoms with E-state index in [0.29, 0.717) is 31.0 Å². The van der Waals surface area contributed by atoms with Crippen LogP contribution in [-0.4, -0.2) is 55.1 Å². The number of likely N-dealkylation sites (tertiary alicyclic amines) is 1. The highest BCUT2D eigenvalue weighted by Gasteiger charge is 2.44. The third-order valence-corrected chi connectivity index (χ3v) is 3.84. The second-order valence-electron chi connectivity index (χ2n) is 5.32. The molecule has 1 atom stereocenters. The van der Waals surface area contributed by atoms with E-state index in [4.69, 9.17) is 9.84 Å². The van der Waals surface area contributed by atoms with Gasteiger partial charge in [-0.25, -0.2) is 0 Å². The number of methoxy groups -OCH3 is 1. The zero-order valence-corrected chi connectivity index (χ0v) is 13.4. The lowest BCUT2D eigenvalue weighted by atomic mass is 9.97. The van der Waals surface area contributed by atoms with Crippen molar-refractivity contribution >= 4 is 11.7 Å². The van der Waals surface area contributed by atoms with E-state index in [1.165, 1.54) is 0 Å². The Morgan fingerprint density at radius 3 is 2.61 bits per heavy atom. The first kappa shape index (κ1) is 17.2. The zero-order chi connectivity index (χ0) is 16.8. The highest BCUT2D eigenvalue weighted by molar-refractivity contribution is 6.45. The number of hydrogen-bond donors (Lipinski definition) is 2. The number of ketones is 1. The molecule has 1 aromatic carbocycles. The van der Waals surface area contributed by atoms with Crippen molar-refractivity contribution in [3.63, 3.8) is 0 Å². The van der Waals surface area contributed by atoms with Crippen molar-refractivity contribution in [1.82, 2.24) is 10.2 Å². The summed E-state index contributed by atoms with van der Waals surface area (Å²) in [6.07, 6.45) is 0. The molecule has 1 aromatic rings. The van der Waals surface area contributed by atoms with E-state index in [0.717, 1.165) is 5.56 Å². The highest BCUT2D eigenvalue weighted by atomic mass is 16.5. The number of nitrogens with zero attached hydrogens (tertiary/aromatic N) is 1. The van der Waals surface area contributed by atoms with Crippen molar-refractivity contribution in [3.8, 4) is 0 Å². The van der Waals surface area contributed by atoms with Gasteiger partial charge in [-0.3, -0.25) is 9.59 Å². The van der Waals surface area contributed by atoms with Gasteiger partial charge in [0.2, 0.25) is 0 Å². The van der Waals surface area contributed by atoms with E-state index in [1.807, 2.05) is 30.3 Å². The van der Waals surface area contributed by atoms with Gasteiger partial charge in [0.05, 0.1) is 24.8 Å². The van der Waals surface area contributed by atoms with Crippen LogP contribution >= 0.6 is 0 Å². The monoisotopic (exact) mass is 318 g/mol. The minimum Gasteiger partial charge on any atom is -0.395 e. The molecule has 0 aromatic heterocycles. The van der Waals surface area contributed by atoms with Gasteiger partial charge >= 0.3 is 0 Å². The molecule has 1 unspecified atom stereocenters. The fraction of sp³-hybridized carbons (Fsp3) is 0.412. The maximum absolute atomic E-state index is 12.5. The quantitative estimate of drug-likeness (QED) is 0.570. The predicted octanol–water partition coefficient (Wildman–Crippen LogP) is 0.641. The van der Waals surface area contributed by atoms with Gasteiger partial charge in [-0.15, -0.1) is 0 Å². The summed E-state index contributed by atoms with van der Waals surface area (Å²) in [5.74, 6) is -1.02. The Balaban J connectivity index is 2.45. The Morgan fingerprint density at radius 1 is 1.30 bits per heavy atom. The zero-order valence-electron chi connectivity index (χ0n) is 13.4. The van der Waals surface area contributed by atoms with E-state index < -0.39 is 17.7 Å². The number of rotatable bonds is 7. The predicted molar refractivity (Wildman–Crippen MR) is 85.6 cm³/mol. The van der Waals surface area contributed by atoms with Crippen molar-refractivity contribution in [3.05, 3.63) is 47.2 Å². The van der Waals surface area contributed by atoms with Crippen LogP contribution in [0, 0.1) is 0 Å². The third-order valence-electron chi connectivity index (χ3n) is 3.84. The van der Waals surface area contributed by atoms with Crippen LogP contribution in [0.1, 0.15) is 18.5 Å². The Hall–Kier alpha value is -2.18. The van der Waals surface area contributed by atoms with E-state index >= 15 is 0 Å². The van der Waals surface area contributed by atoms with Gasteiger partial charge in [-0.05, 0) is 12.5 Å². The molecule has 1 aliphatic heterocycles. The molecule has 0 radical (unpaired) electrons. The van der Waals surface area contributed by atoms with E-state index in [2.05, 4.69) is 5.32 Å². The number of carbonyl (C=O) groups is 2. The van der Waals surface area contributed by atoms with Crippen LogP contribution in [0.15, 0.2) is 41.6 Å². The molecule has 6 nitrogen and oxygen atoms in total. The van der Waals surface area contributed by atoms with E-state index in [-0.39, 0.29) is 6.61 Å². The van der Waals surface area contributed by atoms with Gasteiger partial charge in [-0.2, -0.15) is 0 Å². The van der Waals surface area contributed by atoms with Gasteiger partial charge in [0.25, 0.3) is 11.7 Å². The number of allylic oxidation sites excluding steroid dienone is 1. The Labute approximate surface area is 135 Å². The van der Waals surface area contributed by atoms with Gasteiger partial charge in [0, 0.05) is 25.9 Å². The smallest absolute Gasteiger partial charge is 0.295 e. The number of Topliss-reactive ketones (excluding diaryl/α,β-unsaturated/α-hetero) is 1. The fourth-order valence-corrected chi connectivity index (χ4v) is 2.76. The number of amides is 1. The van der Waals surface area contributed by atoms with Crippen LogP contribution in [0.4, 0.5) is 0 Å². The van der Waals surface area contributed by atoms with Crippen LogP contribution in [0.25, 0.3) is 0 Å². The summed E-state index contributed by atoms with van der Waals surface area (Å²) in [6.45, 7) is 2.74. The normalized spacial score (nSPS) is 20.1. The lowest BCUT2D eigenvalue weighted by Gasteiger charge is -2.25. The standard InChI is InChI=1S/C17H22N2O4/c1-12(18-8-10-20)14-15(13-6-4-3-5-7-13)19(9-11-23-2)17(22)16(14)21/h3-7,15,18,20H,8-11H2,1-2H3/b14-12-. The SMILES string of the molecule is COCCN1C(=O)C(=O)/C(=C(/C)NCCO)C1c1ccccc1. The highest BCUT2D eigenvalue weighted by Crippen LogP contribution is 2.36. The summed E-state index contributed by atoms with van der Waals surface area (Å²) < 4.78 is 5.06. The molecule has 2 rings (SSSR count). The number of hydrogen-bond acceptors (Lipinski definition) is 5. The molecule has 1 fully saturated rings. The number of nitrogens with one attached hydrogen (secondary N) is 1. The van der Waals surface area contributed by atoms with Gasteiger partial charge in [0.1, 0.15) is 0 Å². The first-order valence-electron chi connectivity index (χ1n) is 7.56. The molecule has 23 heavy (non-hydrogen) atoms. The van der Waals surface area contributed by atoms with Crippen molar-refractivity contribution in [2.75, 3.05) is 33.4 Å². The maximum Gasteiger partial charge on any atom is 0.295 e. The second kappa shape index (κ2) is 7.89. The summed E-state index contributed by atoms with van der Waals surface area (Å²) in [4.78, 5) is 26.4. The minimum absolute atomic E-state index is 0.0455. The Bertz CT molecular complexity index is 598. The Kier molecular flexibility index (Phi) is 5.90. The molecular weight excluding hydrogens is 296 g/mol. The lowest BCUT2D eigenvalue weighted by Crippen LogP contribution is -2.32. The topological polar surface area (TPSA) is 78.9 Å². The van der Waals surface area contributed by atoms with E-state index in [9.17, 15) is 9.59 Å². The molecule has 1 aliphatic rings. The number of carbonyl (C=O) groups excluding carboxylic acids is 2. The molecule has 0 saturated carbocycles. The van der Waals surface area contributed by atoms with Crippen molar-refractivity contribution in [2.24, 2.45) is 0 Å². The average Bonchev–Trinajstić information content (AvgIpc) is 2.83. The maximum atomic E-state index is 12.5. The second-order valence-corrected chi connectivity index (χ2v) is 5.32. The van der Waals surface area contributed by atoms with Crippen LogP contribution in [-0.2, 0) is 14.3 Å². The fourth-order valence-electron chi connectivity index (χ4n) is 2.76. The summed E-state index contributed by atoms with van der Waals surface area (Å²) in [5, 5.41) is 12.0. The molecule has 6 heteroatoms. The lowest BCUT2D eigenvalue weighted by molar-refractivity contribution is -0.140. The average molecular weight is 318 g/mol. The number of aliphatic hydroxyl groups excluding tert-OH is 1. The molecule has 0 aliphatic carbocycles. The summed E-state index contributed by atoms with van der Waals surface area (Å²) in [6, 6.07) is 9.02. The largest absolute Gasteiger partial charge is 0.395 e. The molecule has 124 valence electrons. The summed E-state index contributed by atoms with van der Waals surface area (Å²) >= 11 is 0. The van der Waals surface area contributed by atoms with Crippen molar-refractivity contribution in [2.45, 2.75) is 13.0 Å². The molecule has 1 saturated heterocycles. The third kappa shape index (κ3) is 3.60. The van der Waals surface area contributed by atoms with Crippen LogP contribution in [0.5, 0.6) is 0 Å². The molecule has 1 amide bonds. The minimum atomic E-state index is -0.518. The molecule has 0 spiro atoms. The first-order valence-corrected chi connectivity index (χ1v) is 7.56. The van der Waals surface area contributed by atoms with Gasteiger partial charge in [0.15, 0.2) is 0 Å². The Morgan fingerprint density at radius 2 is 2.00 bits per heavy atom. The number of aliphatic hydroxyl groups is 1. The number of benzene rings is 1. The van der Waals surface area contributed by atoms with Crippen LogP contribution < -0.4 is 5.32 Å².